The standard InChI is InChI=1S/C18H26N4O2S/c1-2-3-4-13-11-14-16(25-13)15(17(19)23)12-21-18(14)20-5-6-22-7-9-24-10-8-22/h11-12H,2-10H2,1H3,(H2,19,23)(H,20,21). The van der Waals surface area contributed by atoms with E-state index < -0.39 is 5.91 Å². The van der Waals surface area contributed by atoms with Gasteiger partial charge in [-0.15, -0.1) is 11.3 Å². The van der Waals surface area contributed by atoms with Crippen molar-refractivity contribution in [2.24, 2.45) is 5.73 Å². The zero-order chi connectivity index (χ0) is 17.6. The monoisotopic (exact) mass is 362 g/mol. The van der Waals surface area contributed by atoms with Crippen molar-refractivity contribution in [3.63, 3.8) is 0 Å². The number of fused-ring (bicyclic) bond motifs is 1. The second-order valence-corrected chi connectivity index (χ2v) is 7.46. The maximum atomic E-state index is 11.7. The molecule has 0 aromatic carbocycles. The van der Waals surface area contributed by atoms with Gasteiger partial charge in [-0.3, -0.25) is 9.69 Å². The van der Waals surface area contributed by atoms with Gasteiger partial charge in [-0.25, -0.2) is 4.98 Å². The van der Waals surface area contributed by atoms with Crippen molar-refractivity contribution >= 4 is 33.1 Å². The molecule has 7 heteroatoms. The molecule has 1 aliphatic rings. The Labute approximate surface area is 152 Å². The molecule has 6 nitrogen and oxygen atoms in total. The minimum Gasteiger partial charge on any atom is -0.379 e. The summed E-state index contributed by atoms with van der Waals surface area (Å²) < 4.78 is 6.32. The van der Waals surface area contributed by atoms with Crippen LogP contribution in [-0.2, 0) is 11.2 Å². The van der Waals surface area contributed by atoms with E-state index in [1.165, 1.54) is 4.88 Å². The number of nitrogens with two attached hydrogens (primary N) is 1. The van der Waals surface area contributed by atoms with Crippen LogP contribution in [0.1, 0.15) is 35.0 Å². The third-order valence-corrected chi connectivity index (χ3v) is 5.70. The summed E-state index contributed by atoms with van der Waals surface area (Å²) >= 11 is 1.66. The lowest BCUT2D eigenvalue weighted by Gasteiger charge is -2.26. The van der Waals surface area contributed by atoms with Crippen LogP contribution in [0.15, 0.2) is 12.3 Å². The molecule has 0 saturated carbocycles. The summed E-state index contributed by atoms with van der Waals surface area (Å²) in [5.41, 5.74) is 6.04. The van der Waals surface area contributed by atoms with Gasteiger partial charge in [0, 0.05) is 42.6 Å². The summed E-state index contributed by atoms with van der Waals surface area (Å²) in [5, 5.41) is 4.44. The number of aromatic nitrogens is 1. The number of carbonyl (C=O) groups excluding carboxylic acids is 1. The first-order valence-electron chi connectivity index (χ1n) is 8.94. The quantitative estimate of drug-likeness (QED) is 0.754. The summed E-state index contributed by atoms with van der Waals surface area (Å²) in [7, 11) is 0. The maximum Gasteiger partial charge on any atom is 0.251 e. The number of hydrogen-bond acceptors (Lipinski definition) is 6. The van der Waals surface area contributed by atoms with Gasteiger partial charge in [0.1, 0.15) is 5.82 Å². The van der Waals surface area contributed by atoms with E-state index in [1.807, 2.05) is 0 Å². The fourth-order valence-electron chi connectivity index (χ4n) is 3.02. The lowest BCUT2D eigenvalue weighted by atomic mass is 10.1. The van der Waals surface area contributed by atoms with Gasteiger partial charge in [0.05, 0.1) is 23.5 Å². The Morgan fingerprint density at radius 3 is 2.96 bits per heavy atom. The number of anilines is 1. The first-order chi connectivity index (χ1) is 12.2. The van der Waals surface area contributed by atoms with Crippen molar-refractivity contribution in [3.05, 3.63) is 22.7 Å². The lowest BCUT2D eigenvalue weighted by Crippen LogP contribution is -2.39. The average Bonchev–Trinajstić information content (AvgIpc) is 3.05. The molecule has 25 heavy (non-hydrogen) atoms. The highest BCUT2D eigenvalue weighted by molar-refractivity contribution is 7.19. The highest BCUT2D eigenvalue weighted by atomic mass is 32.1. The fraction of sp³-hybridized carbons (Fsp3) is 0.556. The molecule has 1 amide bonds. The fourth-order valence-corrected chi connectivity index (χ4v) is 4.24. The predicted octanol–water partition coefficient (Wildman–Crippen LogP) is 2.48. The van der Waals surface area contributed by atoms with Crippen LogP contribution in [0.25, 0.3) is 10.1 Å². The molecule has 136 valence electrons. The smallest absolute Gasteiger partial charge is 0.251 e. The zero-order valence-electron chi connectivity index (χ0n) is 14.7. The lowest BCUT2D eigenvalue weighted by molar-refractivity contribution is 0.0398. The van der Waals surface area contributed by atoms with Gasteiger partial charge in [0.15, 0.2) is 0 Å². The molecule has 0 spiro atoms. The summed E-state index contributed by atoms with van der Waals surface area (Å²) in [6, 6.07) is 2.16. The molecule has 2 aromatic heterocycles. The second kappa shape index (κ2) is 8.60. The Kier molecular flexibility index (Phi) is 6.23. The number of unbranched alkanes of at least 4 members (excludes halogenated alkanes) is 1. The Hall–Kier alpha value is -1.70. The average molecular weight is 362 g/mol. The molecule has 1 aliphatic heterocycles. The van der Waals surface area contributed by atoms with Gasteiger partial charge in [-0.05, 0) is 18.9 Å². The molecule has 2 aromatic rings. The van der Waals surface area contributed by atoms with Gasteiger partial charge < -0.3 is 15.8 Å². The van der Waals surface area contributed by atoms with E-state index in [0.717, 1.165) is 74.6 Å². The number of aryl methyl sites for hydroxylation is 1. The third-order valence-electron chi connectivity index (χ3n) is 4.47. The Morgan fingerprint density at radius 2 is 2.24 bits per heavy atom. The summed E-state index contributed by atoms with van der Waals surface area (Å²) in [4.78, 5) is 19.8. The van der Waals surface area contributed by atoms with Crippen molar-refractivity contribution in [3.8, 4) is 0 Å². The molecule has 1 saturated heterocycles. The number of nitrogens with zero attached hydrogens (tertiary/aromatic N) is 2. The number of amides is 1. The van der Waals surface area contributed by atoms with E-state index >= 15 is 0 Å². The first-order valence-corrected chi connectivity index (χ1v) is 9.76. The van der Waals surface area contributed by atoms with Crippen molar-refractivity contribution in [1.82, 2.24) is 9.88 Å². The van der Waals surface area contributed by atoms with E-state index in [1.54, 1.807) is 17.5 Å². The zero-order valence-corrected chi connectivity index (χ0v) is 15.5. The van der Waals surface area contributed by atoms with Crippen LogP contribution in [-0.4, -0.2) is 55.2 Å². The number of hydrogen-bond donors (Lipinski definition) is 2. The van der Waals surface area contributed by atoms with E-state index in [4.69, 9.17) is 10.5 Å². The number of thiophene rings is 1. The number of ether oxygens (including phenoxy) is 1. The van der Waals surface area contributed by atoms with Gasteiger partial charge in [-0.2, -0.15) is 0 Å². The van der Waals surface area contributed by atoms with Gasteiger partial charge in [-0.1, -0.05) is 13.3 Å². The molecule has 3 heterocycles. The molecule has 0 bridgehead atoms. The van der Waals surface area contributed by atoms with Gasteiger partial charge >= 0.3 is 0 Å². The minimum atomic E-state index is -0.416. The predicted molar refractivity (Wildman–Crippen MR) is 102 cm³/mol. The molecule has 3 rings (SSSR count). The highest BCUT2D eigenvalue weighted by Gasteiger charge is 2.15. The number of rotatable bonds is 8. The third kappa shape index (κ3) is 4.48. The molecule has 0 atom stereocenters. The van der Waals surface area contributed by atoms with Crippen LogP contribution < -0.4 is 11.1 Å². The van der Waals surface area contributed by atoms with Crippen molar-refractivity contribution < 1.29 is 9.53 Å². The second-order valence-electron chi connectivity index (χ2n) is 6.32. The molecule has 1 fully saturated rings. The number of nitrogens with one attached hydrogen (secondary N) is 1. The molecular weight excluding hydrogens is 336 g/mol. The molecular formula is C18H26N4O2S. The van der Waals surface area contributed by atoms with E-state index in [0.29, 0.717) is 5.56 Å². The number of pyridine rings is 1. The maximum absolute atomic E-state index is 11.7. The van der Waals surface area contributed by atoms with Crippen molar-refractivity contribution in [1.29, 1.82) is 0 Å². The summed E-state index contributed by atoms with van der Waals surface area (Å²) in [6.07, 6.45) is 4.93. The molecule has 0 radical (unpaired) electrons. The normalized spacial score (nSPS) is 15.6. The summed E-state index contributed by atoms with van der Waals surface area (Å²) in [5.74, 6) is 0.425. The van der Waals surface area contributed by atoms with Crippen molar-refractivity contribution in [2.75, 3.05) is 44.7 Å². The molecule has 0 unspecified atom stereocenters. The van der Waals surface area contributed by atoms with Gasteiger partial charge in [0.25, 0.3) is 5.91 Å². The van der Waals surface area contributed by atoms with Crippen LogP contribution >= 0.6 is 11.3 Å². The van der Waals surface area contributed by atoms with E-state index in [2.05, 4.69) is 28.2 Å². The molecule has 3 N–H and O–H groups in total. The van der Waals surface area contributed by atoms with Crippen LogP contribution in [0.5, 0.6) is 0 Å². The molecule has 0 aliphatic carbocycles. The largest absolute Gasteiger partial charge is 0.379 e. The number of morpholine rings is 1. The highest BCUT2D eigenvalue weighted by Crippen LogP contribution is 2.33. The topological polar surface area (TPSA) is 80.5 Å². The van der Waals surface area contributed by atoms with Crippen LogP contribution in [0.3, 0.4) is 0 Å². The first kappa shape index (κ1) is 18.1. The van der Waals surface area contributed by atoms with Gasteiger partial charge in [0.2, 0.25) is 0 Å². The number of carbonyl (C=O) groups is 1. The van der Waals surface area contributed by atoms with E-state index in [9.17, 15) is 4.79 Å². The van der Waals surface area contributed by atoms with Crippen molar-refractivity contribution in [2.45, 2.75) is 26.2 Å². The minimum absolute atomic E-state index is 0.416. The Bertz CT molecular complexity index is 725. The van der Waals surface area contributed by atoms with E-state index in [-0.39, 0.29) is 0 Å². The number of primary amides is 1. The Morgan fingerprint density at radius 1 is 1.44 bits per heavy atom. The summed E-state index contributed by atoms with van der Waals surface area (Å²) in [6.45, 7) is 7.52. The Balaban J connectivity index is 1.75. The van der Waals surface area contributed by atoms with Crippen LogP contribution in [0, 0.1) is 0 Å². The SMILES string of the molecule is CCCCc1cc2c(NCCN3CCOCC3)ncc(C(N)=O)c2s1. The van der Waals surface area contributed by atoms with Crippen LogP contribution in [0.4, 0.5) is 5.82 Å². The van der Waals surface area contributed by atoms with Crippen LogP contribution in [0.2, 0.25) is 0 Å².